The lowest BCUT2D eigenvalue weighted by Gasteiger charge is -2.26. The van der Waals surface area contributed by atoms with Gasteiger partial charge < -0.3 is 15.4 Å². The maximum Gasteiger partial charge on any atom is 0.573 e. The van der Waals surface area contributed by atoms with Crippen molar-refractivity contribution in [3.05, 3.63) is 59.1 Å². The van der Waals surface area contributed by atoms with E-state index in [0.29, 0.717) is 17.3 Å². The number of urea groups is 1. The number of ether oxygens (including phenoxy) is 1. The van der Waals surface area contributed by atoms with E-state index in [4.69, 9.17) is 11.6 Å². The molecule has 0 unspecified atom stereocenters. The zero-order valence-corrected chi connectivity index (χ0v) is 14.9. The monoisotopic (exact) mass is 386 g/mol. The summed E-state index contributed by atoms with van der Waals surface area (Å²) in [5, 5.41) is 5.90. The number of hydrogen-bond acceptors (Lipinski definition) is 2. The van der Waals surface area contributed by atoms with E-state index >= 15 is 0 Å². The molecule has 2 aromatic carbocycles. The fraction of sp³-hybridized carbons (Fsp3) is 0.278. The highest BCUT2D eigenvalue weighted by molar-refractivity contribution is 6.30. The fourth-order valence-corrected chi connectivity index (χ4v) is 2.42. The molecule has 0 aliphatic carbocycles. The average Bonchev–Trinajstić information content (AvgIpc) is 2.54. The van der Waals surface area contributed by atoms with Crippen LogP contribution in [0.3, 0.4) is 0 Å². The Bertz CT molecular complexity index is 762. The SMILES string of the molecule is CC(C)(CNC(=O)Nc1ccc(OC(F)(F)F)cc1)c1cccc(Cl)c1. The topological polar surface area (TPSA) is 50.4 Å². The van der Waals surface area contributed by atoms with E-state index in [9.17, 15) is 18.0 Å². The number of nitrogens with one attached hydrogen (secondary N) is 2. The maximum absolute atomic E-state index is 12.1. The van der Waals surface area contributed by atoms with Crippen LogP contribution >= 0.6 is 11.6 Å². The predicted molar refractivity (Wildman–Crippen MR) is 94.6 cm³/mol. The number of carbonyl (C=O) groups excluding carboxylic acids is 1. The van der Waals surface area contributed by atoms with Crippen molar-refractivity contribution in [1.29, 1.82) is 0 Å². The highest BCUT2D eigenvalue weighted by Crippen LogP contribution is 2.25. The predicted octanol–water partition coefficient (Wildman–Crippen LogP) is 5.34. The van der Waals surface area contributed by atoms with Crippen molar-refractivity contribution in [3.8, 4) is 5.75 Å². The van der Waals surface area contributed by atoms with Crippen molar-refractivity contribution in [2.24, 2.45) is 0 Å². The molecule has 2 N–H and O–H groups in total. The van der Waals surface area contributed by atoms with Gasteiger partial charge in [0.2, 0.25) is 0 Å². The van der Waals surface area contributed by atoms with Gasteiger partial charge in [-0.25, -0.2) is 4.79 Å². The fourth-order valence-electron chi connectivity index (χ4n) is 2.23. The van der Waals surface area contributed by atoms with E-state index in [2.05, 4.69) is 15.4 Å². The molecular weight excluding hydrogens is 369 g/mol. The van der Waals surface area contributed by atoms with Gasteiger partial charge in [-0.1, -0.05) is 37.6 Å². The van der Waals surface area contributed by atoms with Crippen LogP contribution in [0.2, 0.25) is 5.02 Å². The van der Waals surface area contributed by atoms with Crippen LogP contribution in [0.25, 0.3) is 0 Å². The highest BCUT2D eigenvalue weighted by atomic mass is 35.5. The Hall–Kier alpha value is -2.41. The van der Waals surface area contributed by atoms with Gasteiger partial charge in [0.25, 0.3) is 0 Å². The lowest BCUT2D eigenvalue weighted by molar-refractivity contribution is -0.274. The van der Waals surface area contributed by atoms with Gasteiger partial charge in [0.1, 0.15) is 5.75 Å². The largest absolute Gasteiger partial charge is 0.573 e. The second kappa shape index (κ2) is 7.86. The Kier molecular flexibility index (Phi) is 6.02. The molecular formula is C18H18ClF3N2O2. The summed E-state index contributed by atoms with van der Waals surface area (Å²) in [5.74, 6) is -0.356. The Labute approximate surface area is 154 Å². The minimum absolute atomic E-state index is 0.342. The summed E-state index contributed by atoms with van der Waals surface area (Å²) in [7, 11) is 0. The Balaban J connectivity index is 1.90. The van der Waals surface area contributed by atoms with Crippen LogP contribution < -0.4 is 15.4 Å². The third-order valence-electron chi connectivity index (χ3n) is 3.64. The van der Waals surface area contributed by atoms with Gasteiger partial charge in [-0.05, 0) is 42.0 Å². The quantitative estimate of drug-likeness (QED) is 0.729. The van der Waals surface area contributed by atoms with Crippen molar-refractivity contribution >= 4 is 23.3 Å². The molecule has 0 fully saturated rings. The molecule has 0 aliphatic heterocycles. The van der Waals surface area contributed by atoms with Gasteiger partial charge in [0.15, 0.2) is 0 Å². The molecule has 0 atom stereocenters. The first kappa shape index (κ1) is 19.9. The standard InChI is InChI=1S/C18H18ClF3N2O2/c1-17(2,12-4-3-5-13(19)10-12)11-23-16(25)24-14-6-8-15(9-7-14)26-18(20,21)22/h3-10H,11H2,1-2H3,(H2,23,24,25). The molecule has 0 saturated heterocycles. The molecule has 0 aliphatic rings. The molecule has 8 heteroatoms. The molecule has 2 rings (SSSR count). The van der Waals surface area contributed by atoms with E-state index in [1.54, 1.807) is 6.07 Å². The molecule has 26 heavy (non-hydrogen) atoms. The average molecular weight is 387 g/mol. The number of benzene rings is 2. The second-order valence-electron chi connectivity index (χ2n) is 6.27. The van der Waals surface area contributed by atoms with E-state index < -0.39 is 12.4 Å². The number of halogens is 4. The summed E-state index contributed by atoms with van der Waals surface area (Å²) in [5.41, 5.74) is 0.962. The van der Waals surface area contributed by atoms with Gasteiger partial charge in [-0.3, -0.25) is 0 Å². The molecule has 140 valence electrons. The van der Waals surface area contributed by atoms with Gasteiger partial charge in [-0.2, -0.15) is 0 Å². The van der Waals surface area contributed by atoms with Crippen LogP contribution in [-0.2, 0) is 5.41 Å². The van der Waals surface area contributed by atoms with Crippen molar-refractivity contribution < 1.29 is 22.7 Å². The lowest BCUT2D eigenvalue weighted by atomic mass is 9.85. The molecule has 0 bridgehead atoms. The molecule has 0 spiro atoms. The Morgan fingerprint density at radius 2 is 1.77 bits per heavy atom. The minimum atomic E-state index is -4.75. The van der Waals surface area contributed by atoms with E-state index in [1.807, 2.05) is 32.0 Å². The summed E-state index contributed by atoms with van der Waals surface area (Å²) in [6, 6.07) is 11.8. The second-order valence-corrected chi connectivity index (χ2v) is 6.71. The number of anilines is 1. The number of alkyl halides is 3. The number of hydrogen-bond donors (Lipinski definition) is 2. The van der Waals surface area contributed by atoms with Crippen molar-refractivity contribution in [1.82, 2.24) is 5.32 Å². The van der Waals surface area contributed by atoms with Gasteiger partial charge in [-0.15, -0.1) is 13.2 Å². The zero-order chi connectivity index (χ0) is 19.4. The highest BCUT2D eigenvalue weighted by Gasteiger charge is 2.31. The first-order valence-corrected chi connectivity index (χ1v) is 8.10. The molecule has 2 amide bonds. The minimum Gasteiger partial charge on any atom is -0.406 e. The Morgan fingerprint density at radius 1 is 1.12 bits per heavy atom. The molecule has 0 radical (unpaired) electrons. The Morgan fingerprint density at radius 3 is 2.35 bits per heavy atom. The molecule has 0 saturated carbocycles. The first-order chi connectivity index (χ1) is 12.0. The van der Waals surface area contributed by atoms with E-state index in [-0.39, 0.29) is 11.2 Å². The van der Waals surface area contributed by atoms with Gasteiger partial charge in [0.05, 0.1) is 0 Å². The molecule has 0 aromatic heterocycles. The summed E-state index contributed by atoms with van der Waals surface area (Å²) in [4.78, 5) is 12.0. The third kappa shape index (κ3) is 6.15. The van der Waals surface area contributed by atoms with Crippen molar-refractivity contribution in [3.63, 3.8) is 0 Å². The third-order valence-corrected chi connectivity index (χ3v) is 3.88. The van der Waals surface area contributed by atoms with E-state index in [0.717, 1.165) is 17.7 Å². The smallest absolute Gasteiger partial charge is 0.406 e. The van der Waals surface area contributed by atoms with Crippen LogP contribution in [0.4, 0.5) is 23.7 Å². The van der Waals surface area contributed by atoms with Crippen molar-refractivity contribution in [2.45, 2.75) is 25.6 Å². The molecule has 2 aromatic rings. The van der Waals surface area contributed by atoms with Crippen LogP contribution in [0, 0.1) is 0 Å². The summed E-state index contributed by atoms with van der Waals surface area (Å²) in [6.07, 6.45) is -4.75. The summed E-state index contributed by atoms with van der Waals surface area (Å²) >= 11 is 5.99. The van der Waals surface area contributed by atoms with Crippen LogP contribution in [0.5, 0.6) is 5.75 Å². The molecule has 4 nitrogen and oxygen atoms in total. The maximum atomic E-state index is 12.1. The summed E-state index contributed by atoms with van der Waals surface area (Å²) < 4.78 is 40.1. The lowest BCUT2D eigenvalue weighted by Crippen LogP contribution is -2.38. The first-order valence-electron chi connectivity index (χ1n) is 7.72. The zero-order valence-electron chi connectivity index (χ0n) is 14.2. The number of rotatable bonds is 5. The summed E-state index contributed by atoms with van der Waals surface area (Å²) in [6.45, 7) is 4.26. The van der Waals surface area contributed by atoms with Crippen LogP contribution in [0.15, 0.2) is 48.5 Å². The van der Waals surface area contributed by atoms with Crippen LogP contribution in [0.1, 0.15) is 19.4 Å². The molecule has 0 heterocycles. The van der Waals surface area contributed by atoms with Crippen LogP contribution in [-0.4, -0.2) is 18.9 Å². The van der Waals surface area contributed by atoms with Crippen molar-refractivity contribution in [2.75, 3.05) is 11.9 Å². The number of amides is 2. The van der Waals surface area contributed by atoms with Gasteiger partial charge >= 0.3 is 12.4 Å². The van der Waals surface area contributed by atoms with Gasteiger partial charge in [0, 0.05) is 22.7 Å². The number of carbonyl (C=O) groups is 1. The van der Waals surface area contributed by atoms with E-state index in [1.165, 1.54) is 12.1 Å². The normalized spacial score (nSPS) is 11.8.